The second kappa shape index (κ2) is 7.98. The lowest BCUT2D eigenvalue weighted by Crippen LogP contribution is -2.19. The number of carbonyl (C=O) groups is 1. The third-order valence-corrected chi connectivity index (χ3v) is 3.69. The van der Waals surface area contributed by atoms with Gasteiger partial charge in [0, 0.05) is 8.82 Å². The van der Waals surface area contributed by atoms with Crippen LogP contribution in [0, 0.1) is 5.41 Å². The van der Waals surface area contributed by atoms with Gasteiger partial charge >= 0.3 is 5.97 Å². The number of carboxylic acid groups (broad SMARTS) is 1. The molecule has 0 aromatic rings. The molecule has 0 heterocycles. The van der Waals surface area contributed by atoms with E-state index in [0.717, 1.165) is 11.1 Å². The molecule has 0 saturated heterocycles. The van der Waals surface area contributed by atoms with Crippen molar-refractivity contribution in [3.05, 3.63) is 58.7 Å². The molecule has 0 amide bonds. The van der Waals surface area contributed by atoms with Crippen molar-refractivity contribution in [2.75, 3.05) is 0 Å². The third kappa shape index (κ3) is 5.88. The molecule has 2 nitrogen and oxygen atoms in total. The summed E-state index contributed by atoms with van der Waals surface area (Å²) in [5.74, 6) is -0.947. The zero-order valence-electron chi connectivity index (χ0n) is 16.2. The van der Waals surface area contributed by atoms with Crippen LogP contribution in [0.5, 0.6) is 0 Å². The molecule has 0 aliphatic heterocycles. The molecule has 1 aliphatic rings. The fourth-order valence-corrected chi connectivity index (χ4v) is 2.50. The normalized spacial score (nSPS) is 28.2. The Hall–Kier alpha value is -1.83. The Labute approximate surface area is 137 Å². The van der Waals surface area contributed by atoms with Gasteiger partial charge in [0.05, 0.1) is 0 Å². The summed E-state index contributed by atoms with van der Waals surface area (Å²) in [5, 5.41) is 8.66. The highest BCUT2D eigenvalue weighted by Gasteiger charge is 2.26. The summed E-state index contributed by atoms with van der Waals surface area (Å²) in [4.78, 5) is 10.6. The first-order chi connectivity index (χ1) is 11.1. The largest absolute Gasteiger partial charge is 0.478 e. The Morgan fingerprint density at radius 3 is 2.59 bits per heavy atom. The van der Waals surface area contributed by atoms with E-state index in [1.165, 1.54) is 11.6 Å². The molecule has 0 aromatic heterocycles. The van der Waals surface area contributed by atoms with E-state index in [0.29, 0.717) is 12.0 Å². The molecular formula is C20H28O2. The van der Waals surface area contributed by atoms with Gasteiger partial charge in [0.15, 0.2) is 0 Å². The fraction of sp³-hybridized carbons (Fsp3) is 0.450. The van der Waals surface area contributed by atoms with Gasteiger partial charge in [-0.3, -0.25) is 0 Å². The van der Waals surface area contributed by atoms with Crippen LogP contribution in [-0.4, -0.2) is 11.1 Å². The van der Waals surface area contributed by atoms with Gasteiger partial charge in [-0.15, -0.1) is 0 Å². The van der Waals surface area contributed by atoms with E-state index in [4.69, 9.17) is 7.85 Å². The molecule has 0 radical (unpaired) electrons. The van der Waals surface area contributed by atoms with Crippen molar-refractivity contribution >= 4 is 5.97 Å². The van der Waals surface area contributed by atoms with Crippen LogP contribution >= 0.6 is 0 Å². The number of carboxylic acids is 1. The minimum Gasteiger partial charge on any atom is -0.478 e. The lowest BCUT2D eigenvalue weighted by atomic mass is 9.72. The predicted octanol–water partition coefficient (Wildman–Crippen LogP) is 5.60. The van der Waals surface area contributed by atoms with Crippen molar-refractivity contribution in [2.45, 2.75) is 53.8 Å². The highest BCUT2D eigenvalue weighted by molar-refractivity contribution is 5.81. The lowest BCUT2D eigenvalue weighted by Gasteiger charge is -2.32. The molecule has 2 unspecified atom stereocenters. The third-order valence-electron chi connectivity index (χ3n) is 3.69. The molecule has 22 heavy (non-hydrogen) atoms. The molecule has 1 N–H and O–H groups in total. The summed E-state index contributed by atoms with van der Waals surface area (Å²) in [6.07, 6.45) is 10.6. The smallest absolute Gasteiger partial charge is 0.328 e. The second-order valence-electron chi connectivity index (χ2n) is 6.35. The number of hydrogen-bond acceptors (Lipinski definition) is 1. The van der Waals surface area contributed by atoms with Gasteiger partial charge in [-0.1, -0.05) is 55.4 Å². The van der Waals surface area contributed by atoms with Crippen LogP contribution in [0.15, 0.2) is 58.7 Å². The average Bonchev–Trinajstić information content (AvgIpc) is 2.44. The van der Waals surface area contributed by atoms with Crippen LogP contribution in [0.1, 0.15) is 56.6 Å². The van der Waals surface area contributed by atoms with Gasteiger partial charge in [-0.05, 0) is 56.5 Å². The maximum absolute atomic E-state index is 10.6. The van der Waals surface area contributed by atoms with E-state index in [-0.39, 0.29) is 11.8 Å². The standard InChI is InChI=1S/C20H28O2/c1-15(8-6-9-16(2)14-19(21)22)11-12-18-17(3)10-7-13-20(18,4)5/h6,8-9,11-12,14H,7,10,13H2,1-5H3,(H,21,22)/b9-6+,12-11+,15-8-,16-14+/i7T,13T. The Kier molecular flexibility index (Phi) is 5.47. The van der Waals surface area contributed by atoms with Gasteiger partial charge in [-0.2, -0.15) is 0 Å². The summed E-state index contributed by atoms with van der Waals surface area (Å²) in [5.41, 5.74) is 3.72. The van der Waals surface area contributed by atoms with Gasteiger partial charge < -0.3 is 5.11 Å². The van der Waals surface area contributed by atoms with Crippen molar-refractivity contribution in [1.82, 2.24) is 0 Å². The molecular weight excluding hydrogens is 272 g/mol. The van der Waals surface area contributed by atoms with Crippen molar-refractivity contribution in [2.24, 2.45) is 5.41 Å². The van der Waals surface area contributed by atoms with E-state index in [2.05, 4.69) is 6.08 Å². The van der Waals surface area contributed by atoms with Gasteiger partial charge in [0.1, 0.15) is 0 Å². The van der Waals surface area contributed by atoms with E-state index in [1.54, 1.807) is 13.0 Å². The first kappa shape index (κ1) is 15.1. The molecule has 1 aliphatic carbocycles. The maximum Gasteiger partial charge on any atom is 0.328 e. The van der Waals surface area contributed by atoms with Gasteiger partial charge in [-0.25, -0.2) is 4.79 Å². The molecule has 0 fully saturated rings. The average molecular weight is 304 g/mol. The maximum atomic E-state index is 10.6. The van der Waals surface area contributed by atoms with Crippen LogP contribution in [0.4, 0.5) is 0 Å². The van der Waals surface area contributed by atoms with Crippen LogP contribution in [0.25, 0.3) is 0 Å². The van der Waals surface area contributed by atoms with Crippen LogP contribution < -0.4 is 0 Å². The summed E-state index contributed by atoms with van der Waals surface area (Å²) >= 11 is 0. The minimum atomic E-state index is -0.947. The van der Waals surface area contributed by atoms with E-state index in [1.807, 2.05) is 45.9 Å². The molecule has 0 aromatic carbocycles. The minimum absolute atomic E-state index is 0.331. The monoisotopic (exact) mass is 304 g/mol. The van der Waals surface area contributed by atoms with Crippen molar-refractivity contribution in [1.29, 1.82) is 0 Å². The highest BCUT2D eigenvalue weighted by Crippen LogP contribution is 2.40. The topological polar surface area (TPSA) is 37.3 Å². The summed E-state index contributed by atoms with van der Waals surface area (Å²) < 4.78 is 16.3. The number of hydrogen-bond donors (Lipinski definition) is 1. The Balaban J connectivity index is 2.91. The van der Waals surface area contributed by atoms with Crippen LogP contribution in [-0.2, 0) is 4.79 Å². The van der Waals surface area contributed by atoms with Crippen LogP contribution in [0.3, 0.4) is 0 Å². The molecule has 120 valence electrons. The highest BCUT2D eigenvalue weighted by atomic mass is 16.4. The molecule has 1 rings (SSSR count). The van der Waals surface area contributed by atoms with Crippen molar-refractivity contribution in [3.63, 3.8) is 0 Å². The van der Waals surface area contributed by atoms with Crippen LogP contribution in [0.2, 0.25) is 0 Å². The molecule has 0 saturated carbocycles. The molecule has 0 bridgehead atoms. The first-order valence-electron chi connectivity index (χ1n) is 8.70. The Bertz CT molecular complexity index is 634. The van der Waals surface area contributed by atoms with E-state index < -0.39 is 12.4 Å². The summed E-state index contributed by atoms with van der Waals surface area (Å²) in [7, 11) is 0. The number of aliphatic carboxylic acids is 1. The molecule has 2 heteroatoms. The zero-order valence-corrected chi connectivity index (χ0v) is 14.2. The van der Waals surface area contributed by atoms with E-state index in [9.17, 15) is 4.79 Å². The lowest BCUT2D eigenvalue weighted by molar-refractivity contribution is -0.131. The summed E-state index contributed by atoms with van der Waals surface area (Å²) in [6, 6.07) is 0. The first-order valence-corrected chi connectivity index (χ1v) is 7.54. The number of allylic oxidation sites excluding steroid dienone is 9. The second-order valence-corrected chi connectivity index (χ2v) is 6.35. The van der Waals surface area contributed by atoms with Gasteiger partial charge in [0.25, 0.3) is 0 Å². The van der Waals surface area contributed by atoms with Gasteiger partial charge in [0.2, 0.25) is 0 Å². The van der Waals surface area contributed by atoms with Crippen molar-refractivity contribution < 1.29 is 12.6 Å². The SMILES string of the molecule is [3H]C1CC(C)=C(/C=C/C(C)=C\C=C\C(C)=C\C(=O)O)C(C)(C)C1[3H]. The zero-order chi connectivity index (χ0) is 18.5. The van der Waals surface area contributed by atoms with E-state index >= 15 is 0 Å². The Morgan fingerprint density at radius 1 is 1.27 bits per heavy atom. The Morgan fingerprint density at radius 2 is 1.95 bits per heavy atom. The quantitative estimate of drug-likeness (QED) is 0.530. The number of rotatable bonds is 5. The van der Waals surface area contributed by atoms with Crippen molar-refractivity contribution in [3.8, 4) is 0 Å². The molecule has 0 spiro atoms. The fourth-order valence-electron chi connectivity index (χ4n) is 2.50. The molecule has 2 atom stereocenters. The predicted molar refractivity (Wildman–Crippen MR) is 93.8 cm³/mol. The summed E-state index contributed by atoms with van der Waals surface area (Å²) in [6.45, 7) is 9.84.